The molecule has 0 unspecified atom stereocenters. The van der Waals surface area contributed by atoms with Crippen molar-refractivity contribution in [2.75, 3.05) is 26.2 Å². The average molecular weight is 980 g/mol. The summed E-state index contributed by atoms with van der Waals surface area (Å²) >= 11 is 2.87. The molecule has 0 bridgehead atoms. The standard InChI is InChI=1S/C56H43B2N7O5S2/c1-5-63(6-2)32-17-33-66-37-30-28-36(29-31-37)51-48-49(54(64(51)57-67-42-22-11-12-23-43(42)68-57)50(60-4)56-62-41-21-10-16-27-47(41)72-56)52(38-19-8-7-18-35(38)3)65(58-69-44-24-13-14-25-45(44)70-58)53(48)39(34-59)55-61-40-20-9-15-26-46(40)71-55/h7-16,18-31H,5-6,17,32-33H2,1-3H3/b53-39-,54-50+. The Kier molecular flexibility index (Phi) is 11.7. The van der Waals surface area contributed by atoms with Crippen LogP contribution in [-0.2, 0) is 0 Å². The molecule has 350 valence electrons. The molecule has 0 N–H and O–H groups in total. The molecule has 72 heavy (non-hydrogen) atoms. The van der Waals surface area contributed by atoms with Gasteiger partial charge in [-0.05, 0) is 110 Å². The van der Waals surface area contributed by atoms with Crippen LogP contribution < -0.4 is 34.1 Å². The number of rotatable bonds is 13. The summed E-state index contributed by atoms with van der Waals surface area (Å²) in [4.78, 5) is 17.1. The Balaban J connectivity index is 1.26. The van der Waals surface area contributed by atoms with Crippen molar-refractivity contribution < 1.29 is 23.4 Å². The van der Waals surface area contributed by atoms with Crippen LogP contribution in [0.4, 0.5) is 0 Å². The van der Waals surface area contributed by atoms with Crippen LogP contribution >= 0.6 is 22.7 Å². The SMILES string of the molecule is [C-]#[N+]/C(c1nc2ccccc2s1)=c1\c2c(-c3ccccc3C)n(B3Oc4ccccc4O3)/c(=C(/C#N)c3nc4ccccc4s3)c2c(-c2ccc(OCCCN(CC)CC)cc2)n1B1Oc2ccccc2O1. The van der Waals surface area contributed by atoms with Crippen LogP contribution in [0, 0.1) is 24.8 Å². The number of aryl methyl sites for hydroxylation is 1. The second-order valence-corrected chi connectivity index (χ2v) is 19.4. The van der Waals surface area contributed by atoms with E-state index in [1.165, 1.54) is 22.7 Å². The van der Waals surface area contributed by atoms with Gasteiger partial charge in [-0.2, -0.15) is 5.26 Å². The van der Waals surface area contributed by atoms with Gasteiger partial charge in [-0.25, -0.2) is 14.8 Å². The lowest BCUT2D eigenvalue weighted by atomic mass is 9.99. The highest BCUT2D eigenvalue weighted by Crippen LogP contribution is 2.43. The normalized spacial score (nSPS) is 13.6. The first-order valence-electron chi connectivity index (χ1n) is 23.9. The summed E-state index contributed by atoms with van der Waals surface area (Å²) in [5.74, 6) is 2.90. The van der Waals surface area contributed by atoms with Crippen molar-refractivity contribution in [3.63, 3.8) is 0 Å². The van der Waals surface area contributed by atoms with E-state index in [-0.39, 0.29) is 11.3 Å². The monoisotopic (exact) mass is 979 g/mol. The molecule has 10 aromatic rings. The third-order valence-electron chi connectivity index (χ3n) is 13.2. The van der Waals surface area contributed by atoms with Gasteiger partial charge in [0, 0.05) is 22.9 Å². The topological polar surface area (TPSA) is 113 Å². The Hall–Kier alpha value is -8.27. The average Bonchev–Trinajstić information content (AvgIpc) is 4.28. The van der Waals surface area contributed by atoms with Crippen molar-refractivity contribution in [2.24, 2.45) is 0 Å². The van der Waals surface area contributed by atoms with Crippen molar-refractivity contribution >= 4 is 79.7 Å². The second-order valence-electron chi connectivity index (χ2n) is 17.4. The van der Waals surface area contributed by atoms with Gasteiger partial charge in [0.2, 0.25) is 5.70 Å². The summed E-state index contributed by atoms with van der Waals surface area (Å²) in [6.07, 6.45) is 0.875. The maximum absolute atomic E-state index is 11.8. The van der Waals surface area contributed by atoms with Gasteiger partial charge < -0.3 is 37.2 Å². The number of hydrogen-bond donors (Lipinski definition) is 0. The number of hydrogen-bond acceptors (Lipinski definition) is 11. The predicted octanol–water partition coefficient (Wildman–Crippen LogP) is 10.8. The first-order valence-corrected chi connectivity index (χ1v) is 25.5. The van der Waals surface area contributed by atoms with Crippen molar-refractivity contribution in [1.82, 2.24) is 23.8 Å². The van der Waals surface area contributed by atoms with Crippen LogP contribution in [0.2, 0.25) is 0 Å². The Labute approximate surface area is 424 Å². The van der Waals surface area contributed by atoms with Crippen LogP contribution in [-0.4, -0.2) is 64.6 Å². The first kappa shape index (κ1) is 44.9. The van der Waals surface area contributed by atoms with Crippen LogP contribution in [0.1, 0.15) is 35.8 Å². The smallest absolute Gasteiger partial charge is 0.503 e. The minimum atomic E-state index is -1.12. The zero-order chi connectivity index (χ0) is 48.9. The number of benzene rings is 6. The van der Waals surface area contributed by atoms with Gasteiger partial charge in [0.1, 0.15) is 50.4 Å². The summed E-state index contributed by atoms with van der Waals surface area (Å²) in [6.45, 7) is 19.1. The minimum absolute atomic E-state index is 0.261. The highest BCUT2D eigenvalue weighted by Gasteiger charge is 2.45. The van der Waals surface area contributed by atoms with Crippen LogP contribution in [0.5, 0.6) is 28.7 Å². The Morgan fingerprint density at radius 3 is 1.74 bits per heavy atom. The number of nitriles is 1. The van der Waals surface area contributed by atoms with E-state index >= 15 is 0 Å². The number of para-hydroxylation sites is 6. The molecule has 0 radical (unpaired) electrons. The Morgan fingerprint density at radius 2 is 1.18 bits per heavy atom. The van der Waals surface area contributed by atoms with E-state index in [0.717, 1.165) is 63.2 Å². The first-order chi connectivity index (χ1) is 35.4. The molecule has 0 aliphatic carbocycles. The molecule has 4 aromatic heterocycles. The molecule has 0 fully saturated rings. The molecule has 0 spiro atoms. The number of nitrogens with zero attached hydrogens (tertiary/aromatic N) is 7. The van der Waals surface area contributed by atoms with Crippen molar-refractivity contribution in [2.45, 2.75) is 27.2 Å². The molecule has 6 aromatic carbocycles. The minimum Gasteiger partial charge on any atom is -0.503 e. The van der Waals surface area contributed by atoms with Gasteiger partial charge in [0.05, 0.1) is 55.7 Å². The highest BCUT2D eigenvalue weighted by molar-refractivity contribution is 7.20. The van der Waals surface area contributed by atoms with E-state index < -0.39 is 14.5 Å². The maximum Gasteiger partial charge on any atom is 0.743 e. The Morgan fingerprint density at radius 1 is 0.667 bits per heavy atom. The highest BCUT2D eigenvalue weighted by atomic mass is 32.1. The fraction of sp³-hybridized carbons (Fsp3) is 0.143. The predicted molar refractivity (Wildman–Crippen MR) is 287 cm³/mol. The molecular formula is C56H43B2N7O5S2. The van der Waals surface area contributed by atoms with Gasteiger partial charge in [-0.1, -0.05) is 86.6 Å². The summed E-state index contributed by atoms with van der Waals surface area (Å²) in [7, 11) is -2.23. The summed E-state index contributed by atoms with van der Waals surface area (Å²) < 4.78 is 39.5. The number of aromatic nitrogens is 4. The van der Waals surface area contributed by atoms with E-state index in [1.807, 2.05) is 142 Å². The van der Waals surface area contributed by atoms with E-state index in [4.69, 9.17) is 33.3 Å². The van der Waals surface area contributed by atoms with Crippen LogP contribution in [0.25, 0.3) is 69.8 Å². The van der Waals surface area contributed by atoms with Gasteiger partial charge in [0.25, 0.3) is 0 Å². The van der Waals surface area contributed by atoms with Gasteiger partial charge in [-0.3, -0.25) is 0 Å². The molecule has 16 heteroatoms. The van der Waals surface area contributed by atoms with E-state index in [1.54, 1.807) is 0 Å². The number of fused-ring (bicyclic) bond motifs is 5. The van der Waals surface area contributed by atoms with Crippen molar-refractivity contribution in [3.8, 4) is 57.3 Å². The molecule has 2 aliphatic rings. The van der Waals surface area contributed by atoms with Crippen molar-refractivity contribution in [1.29, 1.82) is 5.26 Å². The molecule has 0 saturated carbocycles. The molecule has 2 aliphatic heterocycles. The fourth-order valence-electron chi connectivity index (χ4n) is 9.76. The van der Waals surface area contributed by atoms with E-state index in [2.05, 4.69) is 48.7 Å². The third kappa shape index (κ3) is 7.72. The lowest BCUT2D eigenvalue weighted by molar-refractivity contribution is 0.249. The van der Waals surface area contributed by atoms with E-state index in [0.29, 0.717) is 78.2 Å². The van der Waals surface area contributed by atoms with Crippen molar-refractivity contribution in [3.05, 3.63) is 183 Å². The lowest BCUT2D eigenvalue weighted by Gasteiger charge is -2.18. The third-order valence-corrected chi connectivity index (χ3v) is 15.3. The van der Waals surface area contributed by atoms with E-state index in [9.17, 15) is 11.8 Å². The molecule has 6 heterocycles. The quantitative estimate of drug-likeness (QED) is 0.0633. The molecule has 0 atom stereocenters. The molecule has 0 amide bonds. The molecule has 0 saturated heterocycles. The maximum atomic E-state index is 11.8. The summed E-state index contributed by atoms with van der Waals surface area (Å²) in [5.41, 5.74) is 5.82. The largest absolute Gasteiger partial charge is 0.743 e. The number of thiazole rings is 2. The molecular weight excluding hydrogens is 936 g/mol. The van der Waals surface area contributed by atoms with Crippen LogP contribution in [0.3, 0.4) is 0 Å². The number of ether oxygens (including phenoxy) is 1. The zero-order valence-corrected chi connectivity index (χ0v) is 41.2. The van der Waals surface area contributed by atoms with Gasteiger partial charge in [0.15, 0.2) is 0 Å². The fourth-order valence-corrected chi connectivity index (χ4v) is 11.7. The lowest BCUT2D eigenvalue weighted by Crippen LogP contribution is -2.44. The Bertz CT molecular complexity index is 3750. The van der Waals surface area contributed by atoms with Gasteiger partial charge >= 0.3 is 14.5 Å². The van der Waals surface area contributed by atoms with Crippen LogP contribution in [0.15, 0.2) is 146 Å². The summed E-state index contributed by atoms with van der Waals surface area (Å²) in [6, 6.07) is 49.6. The zero-order valence-electron chi connectivity index (χ0n) is 39.5. The molecule has 12 rings (SSSR count). The molecule has 12 nitrogen and oxygen atoms in total. The second kappa shape index (κ2) is 18.8. The van der Waals surface area contributed by atoms with Gasteiger partial charge in [-0.15, -0.1) is 22.7 Å². The summed E-state index contributed by atoms with van der Waals surface area (Å²) in [5, 5.41) is 15.0.